The number of fused-ring (bicyclic) bond motifs is 1. The Morgan fingerprint density at radius 1 is 1.18 bits per heavy atom. The van der Waals surface area contributed by atoms with E-state index in [4.69, 9.17) is 0 Å². The molecule has 0 bridgehead atoms. The van der Waals surface area contributed by atoms with Gasteiger partial charge in [-0.15, -0.1) is 0 Å². The van der Waals surface area contributed by atoms with E-state index < -0.39 is 0 Å². The summed E-state index contributed by atoms with van der Waals surface area (Å²) in [5.41, 5.74) is 3.53. The van der Waals surface area contributed by atoms with E-state index in [0.717, 1.165) is 29.3 Å². The van der Waals surface area contributed by atoms with E-state index in [2.05, 4.69) is 19.1 Å². The average molecular weight is 295 g/mol. The first-order valence-corrected chi connectivity index (χ1v) is 7.45. The average Bonchev–Trinajstić information content (AvgIpc) is 2.82. The molecular formula is C19H18FNO. The predicted octanol–water partition coefficient (Wildman–Crippen LogP) is 4.67. The van der Waals surface area contributed by atoms with E-state index in [9.17, 15) is 9.18 Å². The molecule has 0 spiro atoms. The summed E-state index contributed by atoms with van der Waals surface area (Å²) in [6.07, 6.45) is 1.76. The second-order valence-electron chi connectivity index (χ2n) is 5.51. The smallest absolute Gasteiger partial charge is 0.152 e. The molecular weight excluding hydrogens is 277 g/mol. The fourth-order valence-corrected chi connectivity index (χ4v) is 3.28. The maximum Gasteiger partial charge on any atom is 0.152 e. The maximum atomic E-state index is 13.6. The summed E-state index contributed by atoms with van der Waals surface area (Å²) in [6, 6.07) is 14.7. The van der Waals surface area contributed by atoms with Crippen molar-refractivity contribution in [3.63, 3.8) is 0 Å². The van der Waals surface area contributed by atoms with Crippen LogP contribution in [0.25, 0.3) is 10.9 Å². The third-order valence-electron chi connectivity index (χ3n) is 4.31. The Balaban J connectivity index is 2.29. The number of aldehydes is 1. The van der Waals surface area contributed by atoms with Gasteiger partial charge in [0.25, 0.3) is 0 Å². The summed E-state index contributed by atoms with van der Waals surface area (Å²) in [5.74, 6) is -0.174. The fourth-order valence-electron chi connectivity index (χ4n) is 3.28. The topological polar surface area (TPSA) is 22.0 Å². The van der Waals surface area contributed by atoms with Crippen molar-refractivity contribution in [3.05, 3.63) is 71.2 Å². The van der Waals surface area contributed by atoms with Crippen molar-refractivity contribution in [3.8, 4) is 0 Å². The van der Waals surface area contributed by atoms with Gasteiger partial charge >= 0.3 is 0 Å². The van der Waals surface area contributed by atoms with Gasteiger partial charge in [-0.3, -0.25) is 4.79 Å². The summed E-state index contributed by atoms with van der Waals surface area (Å²) in [7, 11) is 1.90. The molecule has 1 heterocycles. The monoisotopic (exact) mass is 295 g/mol. The van der Waals surface area contributed by atoms with Crippen molar-refractivity contribution in [2.45, 2.75) is 19.3 Å². The Bertz CT molecular complexity index is 820. The van der Waals surface area contributed by atoms with E-state index in [0.29, 0.717) is 5.56 Å². The van der Waals surface area contributed by atoms with Crippen molar-refractivity contribution in [2.75, 3.05) is 0 Å². The molecule has 2 aromatic carbocycles. The summed E-state index contributed by atoms with van der Waals surface area (Å²) >= 11 is 0. The van der Waals surface area contributed by atoms with Gasteiger partial charge in [-0.25, -0.2) is 4.39 Å². The van der Waals surface area contributed by atoms with Crippen molar-refractivity contribution < 1.29 is 9.18 Å². The number of aryl methyl sites for hydroxylation is 1. The molecule has 3 aromatic rings. The first kappa shape index (κ1) is 14.5. The van der Waals surface area contributed by atoms with Gasteiger partial charge in [-0.2, -0.15) is 0 Å². The van der Waals surface area contributed by atoms with Crippen molar-refractivity contribution >= 4 is 17.2 Å². The summed E-state index contributed by atoms with van der Waals surface area (Å²) < 4.78 is 15.5. The molecule has 0 aliphatic rings. The lowest BCUT2D eigenvalue weighted by Gasteiger charge is -2.18. The zero-order valence-electron chi connectivity index (χ0n) is 12.7. The van der Waals surface area contributed by atoms with Crippen LogP contribution in [-0.4, -0.2) is 10.9 Å². The summed E-state index contributed by atoms with van der Waals surface area (Å²) in [5, 5.41) is 0.809. The third kappa shape index (κ3) is 2.23. The molecule has 0 aliphatic carbocycles. The number of hydrogen-bond donors (Lipinski definition) is 0. The highest BCUT2D eigenvalue weighted by Gasteiger charge is 2.23. The van der Waals surface area contributed by atoms with Gasteiger partial charge in [0, 0.05) is 29.6 Å². The van der Waals surface area contributed by atoms with E-state index in [1.54, 1.807) is 6.07 Å². The molecule has 3 heteroatoms. The molecule has 2 nitrogen and oxygen atoms in total. The summed E-state index contributed by atoms with van der Waals surface area (Å²) in [4.78, 5) is 11.7. The molecule has 3 rings (SSSR count). The Kier molecular flexibility index (Phi) is 3.80. The van der Waals surface area contributed by atoms with Gasteiger partial charge in [0.2, 0.25) is 0 Å². The van der Waals surface area contributed by atoms with Gasteiger partial charge in [0.05, 0.1) is 5.52 Å². The molecule has 0 amide bonds. The molecule has 0 unspecified atom stereocenters. The Hall–Kier alpha value is -2.42. The molecule has 0 fully saturated rings. The minimum absolute atomic E-state index is 0.113. The lowest BCUT2D eigenvalue weighted by atomic mass is 9.90. The molecule has 1 aromatic heterocycles. The van der Waals surface area contributed by atoms with E-state index in [1.165, 1.54) is 17.7 Å². The van der Waals surface area contributed by atoms with Gasteiger partial charge in [-0.05, 0) is 30.2 Å². The number of aromatic nitrogens is 1. The van der Waals surface area contributed by atoms with Gasteiger partial charge < -0.3 is 4.57 Å². The number of hydrogen-bond acceptors (Lipinski definition) is 1. The van der Waals surface area contributed by atoms with Crippen LogP contribution < -0.4 is 0 Å². The Morgan fingerprint density at radius 3 is 2.55 bits per heavy atom. The number of benzene rings is 2. The minimum atomic E-state index is -0.287. The molecule has 0 aliphatic heterocycles. The highest BCUT2D eigenvalue weighted by Crippen LogP contribution is 2.35. The van der Waals surface area contributed by atoms with E-state index >= 15 is 0 Å². The molecule has 0 saturated heterocycles. The zero-order valence-corrected chi connectivity index (χ0v) is 12.7. The number of halogens is 1. The van der Waals surface area contributed by atoms with E-state index in [1.807, 2.05) is 29.8 Å². The lowest BCUT2D eigenvalue weighted by molar-refractivity contribution is 0.112. The minimum Gasteiger partial charge on any atom is -0.346 e. The number of nitrogens with zero attached hydrogens (tertiary/aromatic N) is 1. The number of carbonyl (C=O) groups is 1. The van der Waals surface area contributed by atoms with Crippen molar-refractivity contribution in [1.82, 2.24) is 4.57 Å². The van der Waals surface area contributed by atoms with Crippen LogP contribution in [0.3, 0.4) is 0 Å². The number of carbonyl (C=O) groups excluding carboxylic acids is 1. The van der Waals surface area contributed by atoms with Crippen LogP contribution >= 0.6 is 0 Å². The van der Waals surface area contributed by atoms with Crippen LogP contribution in [0.4, 0.5) is 4.39 Å². The quantitative estimate of drug-likeness (QED) is 0.641. The van der Waals surface area contributed by atoms with E-state index in [-0.39, 0.29) is 11.7 Å². The summed E-state index contributed by atoms with van der Waals surface area (Å²) in [6.45, 7) is 2.10. The highest BCUT2D eigenvalue weighted by atomic mass is 19.1. The molecule has 0 saturated carbocycles. The highest BCUT2D eigenvalue weighted by molar-refractivity contribution is 5.99. The molecule has 0 N–H and O–H groups in total. The second kappa shape index (κ2) is 5.76. The Labute approximate surface area is 129 Å². The van der Waals surface area contributed by atoms with Gasteiger partial charge in [0.1, 0.15) is 5.82 Å². The Morgan fingerprint density at radius 2 is 1.91 bits per heavy atom. The van der Waals surface area contributed by atoms with Crippen LogP contribution in [-0.2, 0) is 7.05 Å². The van der Waals surface area contributed by atoms with Crippen molar-refractivity contribution in [2.24, 2.45) is 7.05 Å². The zero-order chi connectivity index (χ0) is 15.7. The lowest BCUT2D eigenvalue weighted by Crippen LogP contribution is -2.08. The van der Waals surface area contributed by atoms with Crippen molar-refractivity contribution in [1.29, 1.82) is 0 Å². The maximum absolute atomic E-state index is 13.6. The normalized spacial score (nSPS) is 12.5. The first-order chi connectivity index (χ1) is 10.7. The molecule has 22 heavy (non-hydrogen) atoms. The second-order valence-corrected chi connectivity index (χ2v) is 5.51. The van der Waals surface area contributed by atoms with Crippen LogP contribution in [0.1, 0.15) is 40.9 Å². The first-order valence-electron chi connectivity index (χ1n) is 7.45. The van der Waals surface area contributed by atoms with Crippen LogP contribution in [0.5, 0.6) is 0 Å². The van der Waals surface area contributed by atoms with Gasteiger partial charge in [-0.1, -0.05) is 37.3 Å². The predicted molar refractivity (Wildman–Crippen MR) is 86.8 cm³/mol. The molecule has 1 atom stereocenters. The standard InChI is InChI=1S/C19H18FNO/c1-3-15(13-7-5-4-6-8-13)19-17(12-22)16-10-9-14(20)11-18(16)21(19)2/h4-12,15H,3H2,1-2H3/t15-/m0/s1. The number of rotatable bonds is 4. The molecule has 112 valence electrons. The largest absolute Gasteiger partial charge is 0.346 e. The third-order valence-corrected chi connectivity index (χ3v) is 4.31. The SMILES string of the molecule is CC[C@@H](c1ccccc1)c1c(C=O)c2ccc(F)cc2n1C. The fraction of sp³-hybridized carbons (Fsp3) is 0.211. The van der Waals surface area contributed by atoms with Crippen LogP contribution in [0.2, 0.25) is 0 Å². The van der Waals surface area contributed by atoms with Crippen LogP contribution in [0, 0.1) is 5.82 Å². The van der Waals surface area contributed by atoms with Gasteiger partial charge in [0.15, 0.2) is 6.29 Å². The molecule has 0 radical (unpaired) electrons. The van der Waals surface area contributed by atoms with Crippen LogP contribution in [0.15, 0.2) is 48.5 Å².